The highest BCUT2D eigenvalue weighted by atomic mass is 19.3. The van der Waals surface area contributed by atoms with E-state index in [2.05, 4.69) is 10.1 Å². The van der Waals surface area contributed by atoms with E-state index in [9.17, 15) is 13.2 Å². The molecule has 2 rings (SSSR count). The highest BCUT2D eigenvalue weighted by Gasteiger charge is 2.20. The van der Waals surface area contributed by atoms with Crippen LogP contribution in [-0.4, -0.2) is 13.2 Å². The Morgan fingerprint density at radius 2 is 2.12 bits per heavy atom. The number of halogens is 3. The van der Waals surface area contributed by atoms with Gasteiger partial charge in [0.15, 0.2) is 11.6 Å². The minimum Gasteiger partial charge on any atom is -0.432 e. The molecule has 1 aromatic carbocycles. The molecule has 1 aromatic rings. The number of ether oxygens (including phenoxy) is 1. The number of nitrogens with one attached hydrogen (secondary N) is 1. The van der Waals surface area contributed by atoms with Gasteiger partial charge in [0, 0.05) is 18.3 Å². The summed E-state index contributed by atoms with van der Waals surface area (Å²) in [5.74, 6) is -0.534. The fourth-order valence-electron chi connectivity index (χ4n) is 1.39. The first kappa shape index (κ1) is 11.1. The summed E-state index contributed by atoms with van der Waals surface area (Å²) in [5, 5.41) is 3.04. The van der Waals surface area contributed by atoms with Crippen LogP contribution in [0.2, 0.25) is 0 Å². The molecule has 0 bridgehead atoms. The molecular weight excluding hydrogens is 219 g/mol. The van der Waals surface area contributed by atoms with E-state index in [4.69, 9.17) is 0 Å². The van der Waals surface area contributed by atoms with E-state index in [0.717, 1.165) is 6.54 Å². The van der Waals surface area contributed by atoms with Gasteiger partial charge in [-0.3, -0.25) is 0 Å². The van der Waals surface area contributed by atoms with Crippen molar-refractivity contribution in [2.24, 2.45) is 5.92 Å². The van der Waals surface area contributed by atoms with Crippen LogP contribution in [0.5, 0.6) is 5.75 Å². The fraction of sp³-hybridized carbons (Fsp3) is 0.455. The Kier molecular flexibility index (Phi) is 3.22. The third-order valence-corrected chi connectivity index (χ3v) is 2.44. The van der Waals surface area contributed by atoms with Crippen molar-refractivity contribution in [3.8, 4) is 5.75 Å². The molecule has 0 amide bonds. The van der Waals surface area contributed by atoms with Gasteiger partial charge in [-0.1, -0.05) is 0 Å². The molecule has 1 aliphatic carbocycles. The first-order valence-electron chi connectivity index (χ1n) is 5.13. The number of benzene rings is 1. The second kappa shape index (κ2) is 4.63. The molecule has 2 nitrogen and oxygen atoms in total. The fourth-order valence-corrected chi connectivity index (χ4v) is 1.39. The molecule has 1 aliphatic rings. The van der Waals surface area contributed by atoms with Crippen molar-refractivity contribution in [2.45, 2.75) is 19.5 Å². The van der Waals surface area contributed by atoms with E-state index >= 15 is 0 Å². The highest BCUT2D eigenvalue weighted by Crippen LogP contribution is 2.29. The minimum atomic E-state index is -3.00. The van der Waals surface area contributed by atoms with Gasteiger partial charge in [-0.15, -0.1) is 0 Å². The SMILES string of the molecule is Fc1cc(NCC2CC2)ccc1OC(F)F. The molecule has 0 heterocycles. The standard InChI is InChI=1S/C11H12F3NO/c12-9-5-8(15-6-7-1-2-7)3-4-10(9)16-11(13)14/h3-5,7,11,15H,1-2,6H2. The Bertz CT molecular complexity index is 366. The van der Waals surface area contributed by atoms with Gasteiger partial charge in [0.05, 0.1) is 0 Å². The van der Waals surface area contributed by atoms with Crippen molar-refractivity contribution in [1.29, 1.82) is 0 Å². The lowest BCUT2D eigenvalue weighted by molar-refractivity contribution is -0.0521. The zero-order chi connectivity index (χ0) is 11.5. The van der Waals surface area contributed by atoms with Crippen LogP contribution in [0.15, 0.2) is 18.2 Å². The molecule has 0 aromatic heterocycles. The van der Waals surface area contributed by atoms with E-state index in [0.29, 0.717) is 11.6 Å². The van der Waals surface area contributed by atoms with Gasteiger partial charge >= 0.3 is 6.61 Å². The molecule has 88 valence electrons. The lowest BCUT2D eigenvalue weighted by atomic mass is 10.3. The minimum absolute atomic E-state index is 0.424. The second-order valence-corrected chi connectivity index (χ2v) is 3.85. The molecule has 0 radical (unpaired) electrons. The lowest BCUT2D eigenvalue weighted by Crippen LogP contribution is -2.06. The van der Waals surface area contributed by atoms with Gasteiger partial charge in [-0.25, -0.2) is 4.39 Å². The molecule has 1 fully saturated rings. The summed E-state index contributed by atoms with van der Waals surface area (Å²) in [6.45, 7) is -2.20. The predicted octanol–water partition coefficient (Wildman–Crippen LogP) is 3.25. The number of hydrogen-bond acceptors (Lipinski definition) is 2. The van der Waals surface area contributed by atoms with Gasteiger partial charge in [-0.05, 0) is 30.9 Å². The first-order chi connectivity index (χ1) is 7.65. The molecule has 0 spiro atoms. The number of alkyl halides is 2. The Labute approximate surface area is 91.4 Å². The zero-order valence-electron chi connectivity index (χ0n) is 8.55. The second-order valence-electron chi connectivity index (χ2n) is 3.85. The smallest absolute Gasteiger partial charge is 0.387 e. The van der Waals surface area contributed by atoms with E-state index < -0.39 is 18.2 Å². The molecule has 0 unspecified atom stereocenters. The van der Waals surface area contributed by atoms with Crippen LogP contribution >= 0.6 is 0 Å². The lowest BCUT2D eigenvalue weighted by Gasteiger charge is -2.09. The number of rotatable bonds is 5. The van der Waals surface area contributed by atoms with E-state index in [1.165, 1.54) is 31.0 Å². The van der Waals surface area contributed by atoms with Crippen LogP contribution in [0.25, 0.3) is 0 Å². The maximum atomic E-state index is 13.3. The maximum Gasteiger partial charge on any atom is 0.387 e. The summed E-state index contributed by atoms with van der Waals surface area (Å²) in [7, 11) is 0. The van der Waals surface area contributed by atoms with E-state index in [-0.39, 0.29) is 0 Å². The van der Waals surface area contributed by atoms with Crippen molar-refractivity contribution >= 4 is 5.69 Å². The average Bonchev–Trinajstić information content (AvgIpc) is 3.02. The van der Waals surface area contributed by atoms with Crippen LogP contribution in [0, 0.1) is 11.7 Å². The van der Waals surface area contributed by atoms with Gasteiger partial charge in [-0.2, -0.15) is 8.78 Å². The Balaban J connectivity index is 1.97. The monoisotopic (exact) mass is 231 g/mol. The molecule has 5 heteroatoms. The van der Waals surface area contributed by atoms with Crippen molar-refractivity contribution in [2.75, 3.05) is 11.9 Å². The topological polar surface area (TPSA) is 21.3 Å². The number of hydrogen-bond donors (Lipinski definition) is 1. The third kappa shape index (κ3) is 3.05. The molecule has 1 saturated carbocycles. The number of anilines is 1. The molecule has 0 saturated heterocycles. The van der Waals surface area contributed by atoms with Crippen LogP contribution in [0.3, 0.4) is 0 Å². The Hall–Kier alpha value is -1.39. The first-order valence-corrected chi connectivity index (χ1v) is 5.13. The summed E-state index contributed by atoms with van der Waals surface area (Å²) in [6, 6.07) is 3.90. The van der Waals surface area contributed by atoms with E-state index in [1.54, 1.807) is 0 Å². The normalized spacial score (nSPS) is 15.2. The highest BCUT2D eigenvalue weighted by molar-refractivity contribution is 5.47. The summed E-state index contributed by atoms with van der Waals surface area (Å²) < 4.78 is 41.0. The van der Waals surface area contributed by atoms with Crippen molar-refractivity contribution in [3.63, 3.8) is 0 Å². The molecule has 0 aliphatic heterocycles. The molecule has 0 atom stereocenters. The van der Waals surface area contributed by atoms with Crippen LogP contribution in [-0.2, 0) is 0 Å². The van der Waals surface area contributed by atoms with Crippen molar-refractivity contribution in [3.05, 3.63) is 24.0 Å². The van der Waals surface area contributed by atoms with Gasteiger partial charge < -0.3 is 10.1 Å². The zero-order valence-corrected chi connectivity index (χ0v) is 8.55. The largest absolute Gasteiger partial charge is 0.432 e. The quantitative estimate of drug-likeness (QED) is 0.839. The molecular formula is C11H12F3NO. The molecule has 16 heavy (non-hydrogen) atoms. The third-order valence-electron chi connectivity index (χ3n) is 2.44. The van der Waals surface area contributed by atoms with Gasteiger partial charge in [0.25, 0.3) is 0 Å². The summed E-state index contributed by atoms with van der Waals surface area (Å²) in [4.78, 5) is 0. The summed E-state index contributed by atoms with van der Waals surface area (Å²) in [6.07, 6.45) is 2.39. The average molecular weight is 231 g/mol. The van der Waals surface area contributed by atoms with Crippen LogP contribution in [0.4, 0.5) is 18.9 Å². The Morgan fingerprint density at radius 3 is 2.69 bits per heavy atom. The van der Waals surface area contributed by atoms with Crippen molar-refractivity contribution in [1.82, 2.24) is 0 Å². The van der Waals surface area contributed by atoms with Crippen LogP contribution < -0.4 is 10.1 Å². The summed E-state index contributed by atoms with van der Waals surface area (Å²) >= 11 is 0. The summed E-state index contributed by atoms with van der Waals surface area (Å²) in [5.41, 5.74) is 0.589. The van der Waals surface area contributed by atoms with Crippen LogP contribution in [0.1, 0.15) is 12.8 Å². The predicted molar refractivity (Wildman–Crippen MR) is 54.2 cm³/mol. The molecule has 1 N–H and O–H groups in total. The van der Waals surface area contributed by atoms with Gasteiger partial charge in [0.2, 0.25) is 0 Å². The van der Waals surface area contributed by atoms with E-state index in [1.807, 2.05) is 0 Å². The van der Waals surface area contributed by atoms with Crippen molar-refractivity contribution < 1.29 is 17.9 Å². The van der Waals surface area contributed by atoms with Gasteiger partial charge in [0.1, 0.15) is 0 Å². The maximum absolute atomic E-state index is 13.3. The Morgan fingerprint density at radius 1 is 1.38 bits per heavy atom.